The summed E-state index contributed by atoms with van der Waals surface area (Å²) in [6, 6.07) is 5.55. The zero-order chi connectivity index (χ0) is 10.7. The minimum atomic E-state index is -0.122. The predicted molar refractivity (Wildman–Crippen MR) is 56.8 cm³/mol. The van der Waals surface area contributed by atoms with E-state index in [0.29, 0.717) is 0 Å². The third-order valence-corrected chi connectivity index (χ3v) is 2.37. The number of aryl methyl sites for hydroxylation is 1. The van der Waals surface area contributed by atoms with Gasteiger partial charge in [-0.05, 0) is 36.2 Å². The van der Waals surface area contributed by atoms with Gasteiger partial charge < -0.3 is 4.42 Å². The summed E-state index contributed by atoms with van der Waals surface area (Å²) in [6.45, 7) is 2.00. The predicted octanol–water partition coefficient (Wildman–Crippen LogP) is 1.54. The molecule has 0 radical (unpaired) electrons. The minimum absolute atomic E-state index is 0.122. The highest BCUT2D eigenvalue weighted by Gasteiger charge is 2.16. The normalized spacial score (nSPS) is 12.7. The number of nitrogens with zero attached hydrogens (tertiary/aromatic N) is 1. The fraction of sp³-hybridized carbons (Fsp3) is 0.182. The van der Waals surface area contributed by atoms with E-state index in [4.69, 9.17) is 10.3 Å². The molecule has 0 saturated heterocycles. The van der Waals surface area contributed by atoms with Gasteiger partial charge in [0, 0.05) is 12.4 Å². The first kappa shape index (κ1) is 9.89. The Morgan fingerprint density at radius 1 is 1.47 bits per heavy atom. The molecule has 0 spiro atoms. The standard InChI is InChI=1S/C11H13N3O/c1-8-7-13-5-4-9(8)11(14-12)10-3-2-6-15-10/h2-7,11,14H,12H2,1H3. The van der Waals surface area contributed by atoms with Crippen molar-refractivity contribution in [2.45, 2.75) is 13.0 Å². The molecule has 0 aliphatic carbocycles. The van der Waals surface area contributed by atoms with E-state index in [9.17, 15) is 0 Å². The highest BCUT2D eigenvalue weighted by molar-refractivity contribution is 5.30. The molecule has 15 heavy (non-hydrogen) atoms. The van der Waals surface area contributed by atoms with Crippen LogP contribution >= 0.6 is 0 Å². The summed E-state index contributed by atoms with van der Waals surface area (Å²) in [7, 11) is 0. The number of hydrazine groups is 1. The summed E-state index contributed by atoms with van der Waals surface area (Å²) in [6.07, 6.45) is 5.19. The van der Waals surface area contributed by atoms with Crippen molar-refractivity contribution in [2.75, 3.05) is 0 Å². The molecule has 0 aliphatic heterocycles. The monoisotopic (exact) mass is 203 g/mol. The minimum Gasteiger partial charge on any atom is -0.467 e. The molecule has 1 atom stereocenters. The van der Waals surface area contributed by atoms with Crippen LogP contribution in [0.3, 0.4) is 0 Å². The van der Waals surface area contributed by atoms with Gasteiger partial charge in [0.05, 0.1) is 6.26 Å². The van der Waals surface area contributed by atoms with Crippen molar-refractivity contribution >= 4 is 0 Å². The molecule has 0 aromatic carbocycles. The molecule has 0 bridgehead atoms. The first-order chi connectivity index (χ1) is 7.33. The van der Waals surface area contributed by atoms with Crippen LogP contribution in [-0.2, 0) is 0 Å². The first-order valence-electron chi connectivity index (χ1n) is 4.73. The Balaban J connectivity index is 2.40. The molecule has 78 valence electrons. The Hall–Kier alpha value is -1.65. The molecular formula is C11H13N3O. The van der Waals surface area contributed by atoms with Gasteiger partial charge in [0.15, 0.2) is 0 Å². The third-order valence-electron chi connectivity index (χ3n) is 2.37. The van der Waals surface area contributed by atoms with Crippen LogP contribution in [0.5, 0.6) is 0 Å². The van der Waals surface area contributed by atoms with E-state index in [2.05, 4.69) is 10.4 Å². The number of hydrogen-bond acceptors (Lipinski definition) is 4. The molecule has 4 nitrogen and oxygen atoms in total. The van der Waals surface area contributed by atoms with Gasteiger partial charge >= 0.3 is 0 Å². The Morgan fingerprint density at radius 2 is 2.33 bits per heavy atom. The molecule has 4 heteroatoms. The van der Waals surface area contributed by atoms with Gasteiger partial charge in [0.1, 0.15) is 11.8 Å². The second kappa shape index (κ2) is 4.25. The lowest BCUT2D eigenvalue weighted by molar-refractivity contribution is 0.451. The maximum absolute atomic E-state index is 5.53. The summed E-state index contributed by atoms with van der Waals surface area (Å²) in [5, 5.41) is 0. The number of pyridine rings is 1. The van der Waals surface area contributed by atoms with Crippen molar-refractivity contribution in [3.8, 4) is 0 Å². The van der Waals surface area contributed by atoms with Crippen LogP contribution in [0.15, 0.2) is 41.3 Å². The molecule has 2 aromatic rings. The van der Waals surface area contributed by atoms with E-state index in [1.807, 2.05) is 31.3 Å². The average molecular weight is 203 g/mol. The highest BCUT2D eigenvalue weighted by atomic mass is 16.3. The first-order valence-corrected chi connectivity index (χ1v) is 4.73. The van der Waals surface area contributed by atoms with E-state index in [1.54, 1.807) is 12.5 Å². The zero-order valence-electron chi connectivity index (χ0n) is 8.47. The van der Waals surface area contributed by atoms with Gasteiger partial charge in [0.2, 0.25) is 0 Å². The molecule has 0 saturated carbocycles. The fourth-order valence-electron chi connectivity index (χ4n) is 1.59. The summed E-state index contributed by atoms with van der Waals surface area (Å²) < 4.78 is 5.33. The van der Waals surface area contributed by atoms with E-state index in [1.165, 1.54) is 0 Å². The number of aromatic nitrogens is 1. The summed E-state index contributed by atoms with van der Waals surface area (Å²) in [5.74, 6) is 6.33. The maximum Gasteiger partial charge on any atom is 0.126 e. The van der Waals surface area contributed by atoms with E-state index >= 15 is 0 Å². The van der Waals surface area contributed by atoms with Gasteiger partial charge in [-0.15, -0.1) is 0 Å². The summed E-state index contributed by atoms with van der Waals surface area (Å²) in [5.41, 5.74) is 4.89. The van der Waals surface area contributed by atoms with Crippen LogP contribution in [0.2, 0.25) is 0 Å². The summed E-state index contributed by atoms with van der Waals surface area (Å²) in [4.78, 5) is 4.04. The van der Waals surface area contributed by atoms with Gasteiger partial charge in [-0.1, -0.05) is 0 Å². The fourth-order valence-corrected chi connectivity index (χ4v) is 1.59. The lowest BCUT2D eigenvalue weighted by Gasteiger charge is -2.15. The Kier molecular flexibility index (Phi) is 2.80. The Bertz CT molecular complexity index is 425. The van der Waals surface area contributed by atoms with Crippen LogP contribution in [0.25, 0.3) is 0 Å². The van der Waals surface area contributed by atoms with Crippen molar-refractivity contribution in [1.29, 1.82) is 0 Å². The molecule has 0 fully saturated rings. The number of rotatable bonds is 3. The molecule has 3 N–H and O–H groups in total. The second-order valence-corrected chi connectivity index (χ2v) is 3.35. The number of nitrogens with two attached hydrogens (primary N) is 1. The van der Waals surface area contributed by atoms with Crippen molar-refractivity contribution in [3.63, 3.8) is 0 Å². The van der Waals surface area contributed by atoms with Crippen molar-refractivity contribution in [3.05, 3.63) is 53.7 Å². The molecule has 2 aromatic heterocycles. The van der Waals surface area contributed by atoms with Crippen LogP contribution in [0.4, 0.5) is 0 Å². The highest BCUT2D eigenvalue weighted by Crippen LogP contribution is 2.23. The second-order valence-electron chi connectivity index (χ2n) is 3.35. The lowest BCUT2D eigenvalue weighted by atomic mass is 10.0. The van der Waals surface area contributed by atoms with Gasteiger partial charge in [0.25, 0.3) is 0 Å². The van der Waals surface area contributed by atoms with E-state index in [0.717, 1.165) is 16.9 Å². The van der Waals surface area contributed by atoms with Crippen molar-refractivity contribution < 1.29 is 4.42 Å². The number of nitrogens with one attached hydrogen (secondary N) is 1. The van der Waals surface area contributed by atoms with Crippen molar-refractivity contribution in [1.82, 2.24) is 10.4 Å². The molecule has 2 heterocycles. The third kappa shape index (κ3) is 1.91. The Labute approximate surface area is 88.1 Å². The molecule has 1 unspecified atom stereocenters. The van der Waals surface area contributed by atoms with Crippen LogP contribution in [0, 0.1) is 6.92 Å². The molecule has 0 amide bonds. The number of furan rings is 1. The van der Waals surface area contributed by atoms with Crippen LogP contribution < -0.4 is 11.3 Å². The van der Waals surface area contributed by atoms with E-state index in [-0.39, 0.29) is 6.04 Å². The summed E-state index contributed by atoms with van der Waals surface area (Å²) >= 11 is 0. The van der Waals surface area contributed by atoms with Crippen LogP contribution in [0.1, 0.15) is 22.9 Å². The smallest absolute Gasteiger partial charge is 0.126 e. The van der Waals surface area contributed by atoms with Gasteiger partial charge in [-0.2, -0.15) is 0 Å². The zero-order valence-corrected chi connectivity index (χ0v) is 8.47. The van der Waals surface area contributed by atoms with Crippen molar-refractivity contribution in [2.24, 2.45) is 5.84 Å². The molecular weight excluding hydrogens is 190 g/mol. The van der Waals surface area contributed by atoms with Gasteiger partial charge in [-0.25, -0.2) is 5.43 Å². The molecule has 0 aliphatic rings. The Morgan fingerprint density at radius 3 is 2.93 bits per heavy atom. The lowest BCUT2D eigenvalue weighted by Crippen LogP contribution is -2.29. The number of hydrogen-bond donors (Lipinski definition) is 2. The van der Waals surface area contributed by atoms with Gasteiger partial charge in [-0.3, -0.25) is 10.8 Å². The largest absolute Gasteiger partial charge is 0.467 e. The topological polar surface area (TPSA) is 64.1 Å². The van der Waals surface area contributed by atoms with Crippen LogP contribution in [-0.4, -0.2) is 4.98 Å². The SMILES string of the molecule is Cc1cnccc1C(NN)c1ccco1. The molecule has 2 rings (SSSR count). The maximum atomic E-state index is 5.53. The van der Waals surface area contributed by atoms with E-state index < -0.39 is 0 Å². The average Bonchev–Trinajstić information content (AvgIpc) is 2.75. The quantitative estimate of drug-likeness (QED) is 0.586.